The highest BCUT2D eigenvalue weighted by Crippen LogP contribution is 2.00. The summed E-state index contributed by atoms with van der Waals surface area (Å²) in [5.41, 5.74) is 1.65. The molecule has 0 aliphatic carbocycles. The molecule has 3 heteroatoms. The molecule has 70 valence electrons. The Morgan fingerprint density at radius 3 is 2.69 bits per heavy atom. The van der Waals surface area contributed by atoms with Crippen molar-refractivity contribution in [2.75, 3.05) is 6.61 Å². The SMILES string of the molecule is CC(CO)=NOCc1ccccc1. The third kappa shape index (κ3) is 3.71. The number of aliphatic hydroxyl groups is 1. The van der Waals surface area contributed by atoms with Gasteiger partial charge in [0.05, 0.1) is 12.3 Å². The number of nitrogens with zero attached hydrogens (tertiary/aromatic N) is 1. The fourth-order valence-electron chi connectivity index (χ4n) is 0.820. The van der Waals surface area contributed by atoms with Crippen molar-refractivity contribution in [3.8, 4) is 0 Å². The van der Waals surface area contributed by atoms with Crippen molar-refractivity contribution < 1.29 is 9.94 Å². The van der Waals surface area contributed by atoms with Gasteiger partial charge in [-0.2, -0.15) is 0 Å². The van der Waals surface area contributed by atoms with E-state index in [1.54, 1.807) is 6.92 Å². The molecule has 0 aliphatic rings. The van der Waals surface area contributed by atoms with Crippen LogP contribution in [0.25, 0.3) is 0 Å². The fraction of sp³-hybridized carbons (Fsp3) is 0.300. The van der Waals surface area contributed by atoms with Crippen LogP contribution in [-0.2, 0) is 11.4 Å². The van der Waals surface area contributed by atoms with E-state index in [4.69, 9.17) is 9.94 Å². The molecule has 1 rings (SSSR count). The van der Waals surface area contributed by atoms with Crippen molar-refractivity contribution in [3.05, 3.63) is 35.9 Å². The molecule has 1 N–H and O–H groups in total. The van der Waals surface area contributed by atoms with Crippen LogP contribution in [0, 0.1) is 0 Å². The van der Waals surface area contributed by atoms with E-state index < -0.39 is 0 Å². The number of hydrogen-bond donors (Lipinski definition) is 1. The standard InChI is InChI=1S/C10H13NO2/c1-9(7-12)11-13-8-10-5-3-2-4-6-10/h2-6,12H,7-8H2,1H3. The number of benzene rings is 1. The summed E-state index contributed by atoms with van der Waals surface area (Å²) in [6.45, 7) is 2.10. The molecule has 0 saturated carbocycles. The molecule has 1 aromatic rings. The number of aliphatic hydroxyl groups excluding tert-OH is 1. The second-order valence-electron chi connectivity index (χ2n) is 2.74. The highest BCUT2D eigenvalue weighted by atomic mass is 16.6. The molecule has 3 nitrogen and oxygen atoms in total. The predicted molar refractivity (Wildman–Crippen MR) is 51.4 cm³/mol. The normalized spacial score (nSPS) is 11.4. The summed E-state index contributed by atoms with van der Waals surface area (Å²) in [5, 5.41) is 12.3. The predicted octanol–water partition coefficient (Wildman–Crippen LogP) is 1.57. The van der Waals surface area contributed by atoms with Gasteiger partial charge in [0.2, 0.25) is 0 Å². The summed E-state index contributed by atoms with van der Waals surface area (Å²) in [6.07, 6.45) is 0. The molecule has 0 saturated heterocycles. The molecule has 13 heavy (non-hydrogen) atoms. The van der Waals surface area contributed by atoms with Crippen molar-refractivity contribution >= 4 is 5.71 Å². The largest absolute Gasteiger partial charge is 0.391 e. The first-order chi connectivity index (χ1) is 6.33. The smallest absolute Gasteiger partial charge is 0.142 e. The van der Waals surface area contributed by atoms with E-state index in [2.05, 4.69) is 5.16 Å². The van der Waals surface area contributed by atoms with E-state index >= 15 is 0 Å². The minimum Gasteiger partial charge on any atom is -0.391 e. The van der Waals surface area contributed by atoms with Gasteiger partial charge in [-0.15, -0.1) is 0 Å². The molecule has 0 amide bonds. The van der Waals surface area contributed by atoms with Gasteiger partial charge in [-0.05, 0) is 12.5 Å². The van der Waals surface area contributed by atoms with Crippen LogP contribution in [0.3, 0.4) is 0 Å². The van der Waals surface area contributed by atoms with Gasteiger partial charge in [0.1, 0.15) is 6.61 Å². The molecule has 0 aliphatic heterocycles. The van der Waals surface area contributed by atoms with Crippen molar-refractivity contribution in [2.24, 2.45) is 5.16 Å². The van der Waals surface area contributed by atoms with E-state index in [-0.39, 0.29) is 6.61 Å². The van der Waals surface area contributed by atoms with Crippen LogP contribution < -0.4 is 0 Å². The monoisotopic (exact) mass is 179 g/mol. The maximum absolute atomic E-state index is 8.62. The minimum absolute atomic E-state index is 0.0607. The van der Waals surface area contributed by atoms with Crippen LogP contribution in [0.5, 0.6) is 0 Å². The zero-order valence-corrected chi connectivity index (χ0v) is 7.60. The topological polar surface area (TPSA) is 41.8 Å². The van der Waals surface area contributed by atoms with E-state index in [9.17, 15) is 0 Å². The van der Waals surface area contributed by atoms with Crippen LogP contribution in [-0.4, -0.2) is 17.4 Å². The Kier molecular flexibility index (Phi) is 3.99. The van der Waals surface area contributed by atoms with Crippen LogP contribution in [0.1, 0.15) is 12.5 Å². The van der Waals surface area contributed by atoms with Crippen LogP contribution in [0.4, 0.5) is 0 Å². The molecule has 0 spiro atoms. The van der Waals surface area contributed by atoms with Crippen LogP contribution >= 0.6 is 0 Å². The van der Waals surface area contributed by atoms with E-state index in [0.717, 1.165) is 5.56 Å². The molecule has 0 bridgehead atoms. The Labute approximate surface area is 77.6 Å². The van der Waals surface area contributed by atoms with Gasteiger partial charge in [0, 0.05) is 0 Å². The average molecular weight is 179 g/mol. The minimum atomic E-state index is -0.0607. The second-order valence-corrected chi connectivity index (χ2v) is 2.74. The molecule has 0 radical (unpaired) electrons. The quantitative estimate of drug-likeness (QED) is 0.563. The lowest BCUT2D eigenvalue weighted by molar-refractivity contribution is 0.128. The molecule has 0 aromatic heterocycles. The first-order valence-corrected chi connectivity index (χ1v) is 4.13. The summed E-state index contributed by atoms with van der Waals surface area (Å²) < 4.78 is 0. The van der Waals surface area contributed by atoms with E-state index in [1.807, 2.05) is 30.3 Å². The fourth-order valence-corrected chi connectivity index (χ4v) is 0.820. The Hall–Kier alpha value is -1.35. The molecule has 0 heterocycles. The van der Waals surface area contributed by atoms with Gasteiger partial charge < -0.3 is 9.94 Å². The Balaban J connectivity index is 2.36. The third-order valence-corrected chi connectivity index (χ3v) is 1.52. The summed E-state index contributed by atoms with van der Waals surface area (Å²) in [6, 6.07) is 9.77. The first-order valence-electron chi connectivity index (χ1n) is 4.13. The summed E-state index contributed by atoms with van der Waals surface area (Å²) in [7, 11) is 0. The van der Waals surface area contributed by atoms with E-state index in [1.165, 1.54) is 0 Å². The lowest BCUT2D eigenvalue weighted by atomic mass is 10.2. The van der Waals surface area contributed by atoms with Crippen molar-refractivity contribution in [3.63, 3.8) is 0 Å². The molecule has 0 unspecified atom stereocenters. The van der Waals surface area contributed by atoms with Crippen molar-refractivity contribution in [1.82, 2.24) is 0 Å². The summed E-state index contributed by atoms with van der Waals surface area (Å²) in [4.78, 5) is 5.00. The van der Waals surface area contributed by atoms with Gasteiger partial charge >= 0.3 is 0 Å². The molecular weight excluding hydrogens is 166 g/mol. The van der Waals surface area contributed by atoms with Gasteiger partial charge in [0.15, 0.2) is 0 Å². The Morgan fingerprint density at radius 1 is 1.38 bits per heavy atom. The number of oxime groups is 1. The van der Waals surface area contributed by atoms with Gasteiger partial charge in [0.25, 0.3) is 0 Å². The highest BCUT2D eigenvalue weighted by molar-refractivity contribution is 5.82. The van der Waals surface area contributed by atoms with Gasteiger partial charge in [-0.25, -0.2) is 0 Å². The zero-order chi connectivity index (χ0) is 9.52. The lowest BCUT2D eigenvalue weighted by Gasteiger charge is -1.99. The Morgan fingerprint density at radius 2 is 2.08 bits per heavy atom. The zero-order valence-electron chi connectivity index (χ0n) is 7.60. The first kappa shape index (κ1) is 9.74. The number of hydrogen-bond acceptors (Lipinski definition) is 3. The van der Waals surface area contributed by atoms with Crippen LogP contribution in [0.2, 0.25) is 0 Å². The summed E-state index contributed by atoms with van der Waals surface area (Å²) in [5.74, 6) is 0. The van der Waals surface area contributed by atoms with E-state index in [0.29, 0.717) is 12.3 Å². The second kappa shape index (κ2) is 5.32. The average Bonchev–Trinajstić information content (AvgIpc) is 2.19. The molecule has 0 atom stereocenters. The Bertz CT molecular complexity index is 270. The highest BCUT2D eigenvalue weighted by Gasteiger charge is 1.90. The maximum atomic E-state index is 8.62. The molecular formula is C10H13NO2. The molecule has 0 fully saturated rings. The van der Waals surface area contributed by atoms with Crippen molar-refractivity contribution in [1.29, 1.82) is 0 Å². The van der Waals surface area contributed by atoms with Crippen LogP contribution in [0.15, 0.2) is 35.5 Å². The number of rotatable bonds is 4. The lowest BCUT2D eigenvalue weighted by Crippen LogP contribution is -1.99. The van der Waals surface area contributed by atoms with Crippen molar-refractivity contribution in [2.45, 2.75) is 13.5 Å². The van der Waals surface area contributed by atoms with Gasteiger partial charge in [-0.3, -0.25) is 0 Å². The maximum Gasteiger partial charge on any atom is 0.142 e. The van der Waals surface area contributed by atoms with Gasteiger partial charge in [-0.1, -0.05) is 35.5 Å². The third-order valence-electron chi connectivity index (χ3n) is 1.52. The molecule has 1 aromatic carbocycles. The summed E-state index contributed by atoms with van der Waals surface area (Å²) >= 11 is 0.